The molecule has 1 N–H and O–H groups in total. The van der Waals surface area contributed by atoms with Crippen molar-refractivity contribution in [2.24, 2.45) is 0 Å². The number of hydrogen-bond acceptors (Lipinski definition) is 2. The van der Waals surface area contributed by atoms with Crippen LogP contribution in [0, 0.1) is 0 Å². The first-order chi connectivity index (χ1) is 10.7. The van der Waals surface area contributed by atoms with E-state index in [1.54, 1.807) is 11.8 Å². The zero-order chi connectivity index (χ0) is 15.8. The molecular formula is C19H23NOS. The van der Waals surface area contributed by atoms with E-state index in [0.717, 1.165) is 24.2 Å². The predicted octanol–water partition coefficient (Wildman–Crippen LogP) is 4.90. The fourth-order valence-electron chi connectivity index (χ4n) is 2.20. The molecule has 0 unspecified atom stereocenters. The molecule has 0 saturated carbocycles. The van der Waals surface area contributed by atoms with Gasteiger partial charge >= 0.3 is 0 Å². The van der Waals surface area contributed by atoms with E-state index in [4.69, 9.17) is 0 Å². The van der Waals surface area contributed by atoms with Crippen LogP contribution in [-0.2, 0) is 5.75 Å². The van der Waals surface area contributed by atoms with Crippen molar-refractivity contribution < 1.29 is 4.79 Å². The fraction of sp³-hybridized carbons (Fsp3) is 0.316. The molecule has 2 aromatic carbocycles. The van der Waals surface area contributed by atoms with Crippen LogP contribution >= 0.6 is 11.8 Å². The first-order valence-corrected chi connectivity index (χ1v) is 8.79. The Morgan fingerprint density at radius 1 is 1.00 bits per heavy atom. The van der Waals surface area contributed by atoms with Gasteiger partial charge < -0.3 is 5.32 Å². The van der Waals surface area contributed by atoms with Crippen LogP contribution in [-0.4, -0.2) is 11.9 Å². The molecule has 116 valence electrons. The highest BCUT2D eigenvalue weighted by Gasteiger charge is 2.10. The largest absolute Gasteiger partial charge is 0.349 e. The number of benzene rings is 2. The number of thioether (sulfide) groups is 1. The molecule has 0 spiro atoms. The Hall–Kier alpha value is -1.74. The Morgan fingerprint density at radius 2 is 1.64 bits per heavy atom. The minimum atomic E-state index is 0.0240. The van der Waals surface area contributed by atoms with Gasteiger partial charge in [0.15, 0.2) is 0 Å². The van der Waals surface area contributed by atoms with Gasteiger partial charge in [-0.25, -0.2) is 0 Å². The lowest BCUT2D eigenvalue weighted by Crippen LogP contribution is -2.33. The van der Waals surface area contributed by atoms with Gasteiger partial charge in [-0.05, 0) is 42.7 Å². The van der Waals surface area contributed by atoms with Crippen LogP contribution in [0.1, 0.15) is 42.6 Å². The third-order valence-electron chi connectivity index (χ3n) is 3.69. The van der Waals surface area contributed by atoms with Crippen LogP contribution in [0.5, 0.6) is 0 Å². The highest BCUT2D eigenvalue weighted by atomic mass is 32.2. The quantitative estimate of drug-likeness (QED) is 0.737. The van der Waals surface area contributed by atoms with Gasteiger partial charge in [-0.1, -0.05) is 44.2 Å². The molecule has 0 aliphatic rings. The Kier molecular flexibility index (Phi) is 6.53. The maximum atomic E-state index is 12.1. The van der Waals surface area contributed by atoms with Gasteiger partial charge in [-0.15, -0.1) is 11.8 Å². The minimum Gasteiger partial charge on any atom is -0.349 e. The molecule has 22 heavy (non-hydrogen) atoms. The molecule has 0 fully saturated rings. The summed E-state index contributed by atoms with van der Waals surface area (Å²) in [7, 11) is 0. The van der Waals surface area contributed by atoms with E-state index >= 15 is 0 Å². The van der Waals surface area contributed by atoms with E-state index < -0.39 is 0 Å². The van der Waals surface area contributed by atoms with Crippen molar-refractivity contribution in [3.63, 3.8) is 0 Å². The van der Waals surface area contributed by atoms with Crippen molar-refractivity contribution in [2.45, 2.75) is 43.4 Å². The van der Waals surface area contributed by atoms with Gasteiger partial charge in [0.05, 0.1) is 0 Å². The summed E-state index contributed by atoms with van der Waals surface area (Å²) in [6.45, 7) is 4.19. The Labute approximate surface area is 137 Å². The molecule has 1 amide bonds. The van der Waals surface area contributed by atoms with Gasteiger partial charge in [-0.3, -0.25) is 4.79 Å². The molecule has 2 aromatic rings. The maximum Gasteiger partial charge on any atom is 0.251 e. The van der Waals surface area contributed by atoms with Crippen LogP contribution in [0.3, 0.4) is 0 Å². The van der Waals surface area contributed by atoms with Crippen LogP contribution in [0.15, 0.2) is 59.5 Å². The van der Waals surface area contributed by atoms with Crippen LogP contribution < -0.4 is 5.32 Å². The van der Waals surface area contributed by atoms with Crippen LogP contribution in [0.25, 0.3) is 0 Å². The van der Waals surface area contributed by atoms with Crippen molar-refractivity contribution in [1.82, 2.24) is 5.32 Å². The van der Waals surface area contributed by atoms with Gasteiger partial charge in [0.2, 0.25) is 0 Å². The zero-order valence-corrected chi connectivity index (χ0v) is 14.0. The summed E-state index contributed by atoms with van der Waals surface area (Å²) in [4.78, 5) is 13.4. The first kappa shape index (κ1) is 16.6. The predicted molar refractivity (Wildman–Crippen MR) is 94.3 cm³/mol. The highest BCUT2D eigenvalue weighted by Crippen LogP contribution is 2.22. The van der Waals surface area contributed by atoms with E-state index in [1.807, 2.05) is 42.5 Å². The number of rotatable bonds is 7. The summed E-state index contributed by atoms with van der Waals surface area (Å²) >= 11 is 1.81. The maximum absolute atomic E-state index is 12.1. The molecule has 0 radical (unpaired) electrons. The molecule has 0 aliphatic heterocycles. The number of nitrogens with one attached hydrogen (secondary N) is 1. The molecule has 2 rings (SSSR count). The summed E-state index contributed by atoms with van der Waals surface area (Å²) in [5.74, 6) is 0.939. The second-order valence-corrected chi connectivity index (χ2v) is 6.33. The fourth-order valence-corrected chi connectivity index (χ4v) is 3.07. The molecular weight excluding hydrogens is 290 g/mol. The number of amides is 1. The van der Waals surface area contributed by atoms with Crippen molar-refractivity contribution >= 4 is 17.7 Å². The third-order valence-corrected chi connectivity index (χ3v) is 4.77. The topological polar surface area (TPSA) is 29.1 Å². The van der Waals surface area contributed by atoms with Gasteiger partial charge in [0.25, 0.3) is 5.91 Å². The standard InChI is InChI=1S/C19H23NOS/c1-3-17(4-2)20-19(21)16-12-10-15(11-13-16)14-22-18-8-6-5-7-9-18/h5-13,17H,3-4,14H2,1-2H3,(H,20,21). The Bertz CT molecular complexity index is 576. The average molecular weight is 313 g/mol. The molecule has 0 bridgehead atoms. The lowest BCUT2D eigenvalue weighted by Gasteiger charge is -2.14. The SMILES string of the molecule is CCC(CC)NC(=O)c1ccc(CSc2ccccc2)cc1. The monoisotopic (exact) mass is 313 g/mol. The van der Waals surface area contributed by atoms with Crippen molar-refractivity contribution in [3.8, 4) is 0 Å². The summed E-state index contributed by atoms with van der Waals surface area (Å²) in [5.41, 5.74) is 1.97. The summed E-state index contributed by atoms with van der Waals surface area (Å²) in [6, 6.07) is 18.5. The zero-order valence-electron chi connectivity index (χ0n) is 13.2. The Balaban J connectivity index is 1.91. The molecule has 0 aromatic heterocycles. The van der Waals surface area contributed by atoms with Crippen LogP contribution in [0.4, 0.5) is 0 Å². The van der Waals surface area contributed by atoms with E-state index in [0.29, 0.717) is 0 Å². The first-order valence-electron chi connectivity index (χ1n) is 7.80. The minimum absolute atomic E-state index is 0.0240. The van der Waals surface area contributed by atoms with Crippen molar-refractivity contribution in [1.29, 1.82) is 0 Å². The van der Waals surface area contributed by atoms with Gasteiger partial charge in [-0.2, -0.15) is 0 Å². The lowest BCUT2D eigenvalue weighted by atomic mass is 10.1. The molecule has 0 aliphatic carbocycles. The normalized spacial score (nSPS) is 10.7. The Morgan fingerprint density at radius 3 is 2.23 bits per heavy atom. The smallest absolute Gasteiger partial charge is 0.251 e. The second-order valence-electron chi connectivity index (χ2n) is 5.29. The highest BCUT2D eigenvalue weighted by molar-refractivity contribution is 7.98. The second kappa shape index (κ2) is 8.64. The molecule has 3 heteroatoms. The summed E-state index contributed by atoms with van der Waals surface area (Å²) in [6.07, 6.45) is 1.93. The molecule has 2 nitrogen and oxygen atoms in total. The van der Waals surface area contributed by atoms with E-state index in [-0.39, 0.29) is 11.9 Å². The average Bonchev–Trinajstić information content (AvgIpc) is 2.59. The summed E-state index contributed by atoms with van der Waals surface area (Å²) < 4.78 is 0. The van der Waals surface area contributed by atoms with E-state index in [2.05, 4.69) is 31.3 Å². The molecule has 0 heterocycles. The molecule has 0 saturated heterocycles. The summed E-state index contributed by atoms with van der Waals surface area (Å²) in [5, 5.41) is 3.07. The van der Waals surface area contributed by atoms with Gasteiger partial charge in [0, 0.05) is 22.3 Å². The van der Waals surface area contributed by atoms with Crippen molar-refractivity contribution in [3.05, 3.63) is 65.7 Å². The number of hydrogen-bond donors (Lipinski definition) is 1. The molecule has 0 atom stereocenters. The van der Waals surface area contributed by atoms with Gasteiger partial charge in [0.1, 0.15) is 0 Å². The van der Waals surface area contributed by atoms with E-state index in [1.165, 1.54) is 10.5 Å². The number of carbonyl (C=O) groups excluding carboxylic acids is 1. The lowest BCUT2D eigenvalue weighted by molar-refractivity contribution is 0.0935. The third kappa shape index (κ3) is 4.92. The van der Waals surface area contributed by atoms with Crippen LogP contribution in [0.2, 0.25) is 0 Å². The van der Waals surface area contributed by atoms with Crippen molar-refractivity contribution in [2.75, 3.05) is 0 Å². The number of carbonyl (C=O) groups is 1. The van der Waals surface area contributed by atoms with E-state index in [9.17, 15) is 4.79 Å².